The van der Waals surface area contributed by atoms with E-state index in [9.17, 15) is 4.79 Å². The highest BCUT2D eigenvalue weighted by molar-refractivity contribution is 5.59. The molecule has 0 radical (unpaired) electrons. The quantitative estimate of drug-likeness (QED) is 0.748. The molecule has 0 saturated carbocycles. The summed E-state index contributed by atoms with van der Waals surface area (Å²) >= 11 is 0. The van der Waals surface area contributed by atoms with Crippen LogP contribution in [0.4, 0.5) is 0 Å². The second-order valence-electron chi connectivity index (χ2n) is 3.17. The van der Waals surface area contributed by atoms with Gasteiger partial charge in [0, 0.05) is 12.6 Å². The first-order chi connectivity index (χ1) is 7.20. The molecule has 0 aliphatic heterocycles. The summed E-state index contributed by atoms with van der Waals surface area (Å²) in [7, 11) is 3.31. The fourth-order valence-electron chi connectivity index (χ4n) is 1.44. The summed E-state index contributed by atoms with van der Waals surface area (Å²) in [6.45, 7) is 0. The molecule has 0 aliphatic rings. The van der Waals surface area contributed by atoms with Crippen molar-refractivity contribution in [1.82, 2.24) is 4.74 Å². The summed E-state index contributed by atoms with van der Waals surface area (Å²) in [5.74, 6) is 0.784. The van der Waals surface area contributed by atoms with Crippen molar-refractivity contribution in [2.24, 2.45) is 7.05 Å². The van der Waals surface area contributed by atoms with Crippen LogP contribution in [0.15, 0.2) is 39.6 Å². The molecule has 4 heteroatoms. The molecule has 1 aromatic heterocycles. The third-order valence-electron chi connectivity index (χ3n) is 2.21. The fourth-order valence-corrected chi connectivity index (χ4v) is 1.44. The van der Waals surface area contributed by atoms with Gasteiger partial charge in [0.05, 0.1) is 18.9 Å². The van der Waals surface area contributed by atoms with E-state index >= 15 is 0 Å². The molecule has 1 heterocycles. The standard InChI is InChI=1S/C11H11NO3/c1-12-10(7-11(13)15-12)8-3-5-9(14-2)6-4-8/h3-7H,1-2H3. The van der Waals surface area contributed by atoms with Crippen LogP contribution < -0.4 is 10.4 Å². The van der Waals surface area contributed by atoms with Crippen LogP contribution in [0.25, 0.3) is 11.3 Å². The number of aromatic nitrogens is 1. The van der Waals surface area contributed by atoms with E-state index in [0.717, 1.165) is 17.0 Å². The van der Waals surface area contributed by atoms with Crippen LogP contribution in [0.1, 0.15) is 0 Å². The molecule has 0 bridgehead atoms. The highest BCUT2D eigenvalue weighted by Crippen LogP contribution is 2.20. The molecule has 2 aromatic rings. The Labute approximate surface area is 86.7 Å². The average Bonchev–Trinajstić information content (AvgIpc) is 2.58. The van der Waals surface area contributed by atoms with Gasteiger partial charge in [-0.1, -0.05) is 0 Å². The molecule has 0 aliphatic carbocycles. The molecular weight excluding hydrogens is 194 g/mol. The summed E-state index contributed by atoms with van der Waals surface area (Å²) in [5, 5.41) is 0. The molecule has 0 N–H and O–H groups in total. The van der Waals surface area contributed by atoms with Crippen molar-refractivity contribution in [3.8, 4) is 17.0 Å². The van der Waals surface area contributed by atoms with Gasteiger partial charge in [-0.05, 0) is 24.3 Å². The number of nitrogens with zero attached hydrogens (tertiary/aromatic N) is 1. The van der Waals surface area contributed by atoms with Gasteiger partial charge in [0.25, 0.3) is 0 Å². The van der Waals surface area contributed by atoms with Crippen molar-refractivity contribution in [3.63, 3.8) is 0 Å². The van der Waals surface area contributed by atoms with Gasteiger partial charge < -0.3 is 9.26 Å². The molecular formula is C11H11NO3. The van der Waals surface area contributed by atoms with Crippen LogP contribution in [-0.2, 0) is 7.05 Å². The minimum Gasteiger partial charge on any atom is -0.497 e. The molecule has 0 saturated heterocycles. The molecule has 0 fully saturated rings. The second-order valence-corrected chi connectivity index (χ2v) is 3.17. The van der Waals surface area contributed by atoms with E-state index in [1.807, 2.05) is 24.3 Å². The second kappa shape index (κ2) is 3.65. The van der Waals surface area contributed by atoms with E-state index in [0.29, 0.717) is 0 Å². The smallest absolute Gasteiger partial charge is 0.358 e. The van der Waals surface area contributed by atoms with Crippen molar-refractivity contribution >= 4 is 0 Å². The minimum atomic E-state index is -0.344. The van der Waals surface area contributed by atoms with Gasteiger partial charge in [0.1, 0.15) is 5.75 Å². The van der Waals surface area contributed by atoms with E-state index in [4.69, 9.17) is 9.26 Å². The first-order valence-electron chi connectivity index (χ1n) is 4.52. The van der Waals surface area contributed by atoms with Crippen LogP contribution in [-0.4, -0.2) is 11.8 Å². The Hall–Kier alpha value is -1.97. The molecule has 0 atom stereocenters. The number of hydrogen-bond acceptors (Lipinski definition) is 3. The third kappa shape index (κ3) is 1.79. The summed E-state index contributed by atoms with van der Waals surface area (Å²) < 4.78 is 11.4. The number of ether oxygens (including phenoxy) is 1. The van der Waals surface area contributed by atoms with Crippen LogP contribution in [0.3, 0.4) is 0 Å². The molecule has 4 nitrogen and oxygen atoms in total. The van der Waals surface area contributed by atoms with Gasteiger partial charge in [-0.2, -0.15) is 0 Å². The van der Waals surface area contributed by atoms with Crippen LogP contribution in [0.2, 0.25) is 0 Å². The predicted octanol–water partition coefficient (Wildman–Crippen LogP) is 1.65. The van der Waals surface area contributed by atoms with Crippen molar-refractivity contribution < 1.29 is 9.26 Å². The maximum Gasteiger partial charge on any atom is 0.358 e. The highest BCUT2D eigenvalue weighted by Gasteiger charge is 2.05. The first-order valence-corrected chi connectivity index (χ1v) is 4.52. The first kappa shape index (κ1) is 9.58. The van der Waals surface area contributed by atoms with Gasteiger partial charge in [-0.25, -0.2) is 9.53 Å². The van der Waals surface area contributed by atoms with Gasteiger partial charge in [-0.3, -0.25) is 0 Å². The summed E-state index contributed by atoms with van der Waals surface area (Å²) in [5.41, 5.74) is 1.33. The molecule has 0 amide bonds. The average molecular weight is 205 g/mol. The Morgan fingerprint density at radius 2 is 1.93 bits per heavy atom. The lowest BCUT2D eigenvalue weighted by atomic mass is 10.1. The number of aryl methyl sites for hydroxylation is 1. The molecule has 78 valence electrons. The van der Waals surface area contributed by atoms with Gasteiger partial charge >= 0.3 is 5.63 Å². The van der Waals surface area contributed by atoms with Gasteiger partial charge in [0.2, 0.25) is 0 Å². The number of hydrogen-bond donors (Lipinski definition) is 0. The molecule has 15 heavy (non-hydrogen) atoms. The van der Waals surface area contributed by atoms with E-state index in [2.05, 4.69) is 0 Å². The van der Waals surface area contributed by atoms with Crippen LogP contribution in [0, 0.1) is 0 Å². The summed E-state index contributed by atoms with van der Waals surface area (Å²) in [4.78, 5) is 11.0. The van der Waals surface area contributed by atoms with Crippen LogP contribution >= 0.6 is 0 Å². The van der Waals surface area contributed by atoms with Crippen molar-refractivity contribution in [1.29, 1.82) is 0 Å². The largest absolute Gasteiger partial charge is 0.497 e. The van der Waals surface area contributed by atoms with E-state index in [-0.39, 0.29) is 5.63 Å². The number of methoxy groups -OCH3 is 1. The van der Waals surface area contributed by atoms with Crippen LogP contribution in [0.5, 0.6) is 5.75 Å². The van der Waals surface area contributed by atoms with Gasteiger partial charge in [0.15, 0.2) is 0 Å². The maximum atomic E-state index is 11.0. The van der Waals surface area contributed by atoms with Crippen molar-refractivity contribution in [2.75, 3.05) is 7.11 Å². The Bertz CT molecular complexity index is 507. The van der Waals surface area contributed by atoms with E-state index < -0.39 is 0 Å². The lowest BCUT2D eigenvalue weighted by molar-refractivity contribution is 0.289. The zero-order chi connectivity index (χ0) is 10.8. The lowest BCUT2D eigenvalue weighted by Gasteiger charge is -2.02. The zero-order valence-corrected chi connectivity index (χ0v) is 8.56. The van der Waals surface area contributed by atoms with E-state index in [1.165, 1.54) is 10.8 Å². The SMILES string of the molecule is COc1ccc(-c2cc(=O)on2C)cc1. The molecule has 0 unspecified atom stereocenters. The zero-order valence-electron chi connectivity index (χ0n) is 8.56. The number of rotatable bonds is 2. The van der Waals surface area contributed by atoms with Gasteiger partial charge in [-0.15, -0.1) is 0 Å². The predicted molar refractivity (Wildman–Crippen MR) is 55.9 cm³/mol. The van der Waals surface area contributed by atoms with Crippen molar-refractivity contribution in [3.05, 3.63) is 40.8 Å². The Morgan fingerprint density at radius 3 is 2.40 bits per heavy atom. The Morgan fingerprint density at radius 1 is 1.27 bits per heavy atom. The molecule has 0 spiro atoms. The summed E-state index contributed by atoms with van der Waals surface area (Å²) in [6.07, 6.45) is 0. The molecule has 1 aromatic carbocycles. The maximum absolute atomic E-state index is 11.0. The van der Waals surface area contributed by atoms with Crippen molar-refractivity contribution in [2.45, 2.75) is 0 Å². The Balaban J connectivity index is 2.45. The number of benzene rings is 1. The summed E-state index contributed by atoms with van der Waals surface area (Å²) in [6, 6.07) is 8.90. The molecule has 2 rings (SSSR count). The topological polar surface area (TPSA) is 44.4 Å². The van der Waals surface area contributed by atoms with E-state index in [1.54, 1.807) is 14.2 Å². The monoisotopic (exact) mass is 205 g/mol. The normalized spacial score (nSPS) is 10.3. The fraction of sp³-hybridized carbons (Fsp3) is 0.182. The lowest BCUT2D eigenvalue weighted by Crippen LogP contribution is -1.90. The third-order valence-corrected chi connectivity index (χ3v) is 2.21. The highest BCUT2D eigenvalue weighted by atomic mass is 16.5. The Kier molecular flexibility index (Phi) is 2.33. The minimum absolute atomic E-state index is 0.344.